The van der Waals surface area contributed by atoms with Gasteiger partial charge in [0.2, 0.25) is 5.95 Å². The Hall–Kier alpha value is -1.07. The molecule has 1 aromatic heterocycles. The Bertz CT molecular complexity index is 399. The molecule has 0 spiro atoms. The number of methoxy groups -OCH3 is 1. The van der Waals surface area contributed by atoms with E-state index in [4.69, 9.17) is 4.74 Å². The Balaban J connectivity index is 1.85. The van der Waals surface area contributed by atoms with Crippen molar-refractivity contribution in [3.05, 3.63) is 11.9 Å². The molecule has 1 unspecified atom stereocenters. The molecule has 114 valence electrons. The minimum Gasteiger partial charge on any atom is -0.383 e. The number of ether oxygens (including phenoxy) is 1. The molecule has 20 heavy (non-hydrogen) atoms. The summed E-state index contributed by atoms with van der Waals surface area (Å²) in [5.74, 6) is 0.962. The van der Waals surface area contributed by atoms with Crippen molar-refractivity contribution in [1.29, 1.82) is 0 Å². The smallest absolute Gasteiger partial charge is 0.203 e. The number of hydrogen-bond donors (Lipinski definition) is 1. The predicted octanol–water partition coefficient (Wildman–Crippen LogP) is 2.30. The first-order chi connectivity index (χ1) is 9.70. The van der Waals surface area contributed by atoms with Crippen LogP contribution in [0.15, 0.2) is 6.20 Å². The van der Waals surface area contributed by atoms with Crippen LogP contribution in [-0.2, 0) is 4.74 Å². The van der Waals surface area contributed by atoms with E-state index >= 15 is 0 Å². The van der Waals surface area contributed by atoms with Crippen molar-refractivity contribution in [3.63, 3.8) is 0 Å². The number of aromatic nitrogens is 2. The average Bonchev–Trinajstić information content (AvgIpc) is 2.81. The van der Waals surface area contributed by atoms with Crippen molar-refractivity contribution in [3.8, 4) is 0 Å². The summed E-state index contributed by atoms with van der Waals surface area (Å²) >= 11 is 0. The van der Waals surface area contributed by atoms with Crippen LogP contribution in [0.1, 0.15) is 37.9 Å². The van der Waals surface area contributed by atoms with Crippen LogP contribution < -0.4 is 5.32 Å². The van der Waals surface area contributed by atoms with Crippen molar-refractivity contribution in [1.82, 2.24) is 14.5 Å². The molecule has 0 radical (unpaired) electrons. The summed E-state index contributed by atoms with van der Waals surface area (Å²) in [5.41, 5.74) is 1.05. The zero-order valence-corrected chi connectivity index (χ0v) is 13.1. The number of piperidine rings is 1. The number of anilines is 1. The Labute approximate surface area is 122 Å². The second kappa shape index (κ2) is 7.64. The first-order valence-corrected chi connectivity index (χ1v) is 7.71. The van der Waals surface area contributed by atoms with E-state index in [2.05, 4.69) is 32.9 Å². The van der Waals surface area contributed by atoms with Crippen molar-refractivity contribution in [2.75, 3.05) is 45.2 Å². The van der Waals surface area contributed by atoms with Crippen LogP contribution in [0.4, 0.5) is 5.95 Å². The molecule has 0 aromatic carbocycles. The van der Waals surface area contributed by atoms with Crippen LogP contribution in [0.5, 0.6) is 0 Å². The van der Waals surface area contributed by atoms with Crippen molar-refractivity contribution in [2.24, 2.45) is 0 Å². The molecule has 2 heterocycles. The number of nitrogens with one attached hydrogen (secondary N) is 1. The normalized spacial score (nSPS) is 18.1. The Morgan fingerprint density at radius 2 is 2.10 bits per heavy atom. The number of likely N-dealkylation sites (tertiary alicyclic amines) is 1. The summed E-state index contributed by atoms with van der Waals surface area (Å²) in [6.07, 6.45) is 6.17. The van der Waals surface area contributed by atoms with Gasteiger partial charge in [-0.3, -0.25) is 0 Å². The maximum absolute atomic E-state index is 5.24. The summed E-state index contributed by atoms with van der Waals surface area (Å²) < 4.78 is 7.41. The lowest BCUT2D eigenvalue weighted by Gasteiger charge is -2.26. The molecule has 2 rings (SSSR count). The SMILES string of the molecule is COCC(C)n1cc(C)nc1NCCN1CCCCC1. The Morgan fingerprint density at radius 3 is 2.80 bits per heavy atom. The number of rotatable bonds is 7. The van der Waals surface area contributed by atoms with Gasteiger partial charge in [-0.2, -0.15) is 0 Å². The fourth-order valence-corrected chi connectivity index (χ4v) is 2.81. The van der Waals surface area contributed by atoms with Gasteiger partial charge >= 0.3 is 0 Å². The third-order valence-corrected chi connectivity index (χ3v) is 3.90. The monoisotopic (exact) mass is 280 g/mol. The highest BCUT2D eigenvalue weighted by molar-refractivity contribution is 5.29. The van der Waals surface area contributed by atoms with E-state index in [0.29, 0.717) is 12.6 Å². The van der Waals surface area contributed by atoms with E-state index in [9.17, 15) is 0 Å². The first kappa shape index (κ1) is 15.3. The summed E-state index contributed by atoms with van der Waals surface area (Å²) in [6, 6.07) is 0.304. The second-order valence-electron chi connectivity index (χ2n) is 5.75. The molecular formula is C15H28N4O. The van der Waals surface area contributed by atoms with E-state index in [-0.39, 0.29) is 0 Å². The van der Waals surface area contributed by atoms with Crippen LogP contribution in [-0.4, -0.2) is 54.3 Å². The molecule has 5 heteroatoms. The predicted molar refractivity (Wildman–Crippen MR) is 82.3 cm³/mol. The zero-order valence-electron chi connectivity index (χ0n) is 13.1. The lowest BCUT2D eigenvalue weighted by molar-refractivity contribution is 0.163. The summed E-state index contributed by atoms with van der Waals surface area (Å²) in [4.78, 5) is 7.11. The Kier molecular flexibility index (Phi) is 5.86. The largest absolute Gasteiger partial charge is 0.383 e. The van der Waals surface area contributed by atoms with Crippen LogP contribution in [0, 0.1) is 6.92 Å². The molecule has 1 saturated heterocycles. The van der Waals surface area contributed by atoms with Gasteiger partial charge in [0.15, 0.2) is 0 Å². The molecular weight excluding hydrogens is 252 g/mol. The fourth-order valence-electron chi connectivity index (χ4n) is 2.81. The third kappa shape index (κ3) is 4.21. The van der Waals surface area contributed by atoms with Gasteiger partial charge in [-0.1, -0.05) is 6.42 Å². The average molecular weight is 280 g/mol. The molecule has 1 aliphatic heterocycles. The molecule has 1 fully saturated rings. The summed E-state index contributed by atoms with van der Waals surface area (Å²) in [5, 5.41) is 3.48. The highest BCUT2D eigenvalue weighted by Gasteiger charge is 2.13. The van der Waals surface area contributed by atoms with Gasteiger partial charge in [0.1, 0.15) is 0 Å². The van der Waals surface area contributed by atoms with E-state index < -0.39 is 0 Å². The second-order valence-corrected chi connectivity index (χ2v) is 5.75. The highest BCUT2D eigenvalue weighted by atomic mass is 16.5. The molecule has 5 nitrogen and oxygen atoms in total. The molecule has 1 N–H and O–H groups in total. The number of hydrogen-bond acceptors (Lipinski definition) is 4. The fraction of sp³-hybridized carbons (Fsp3) is 0.800. The van der Waals surface area contributed by atoms with Crippen LogP contribution in [0.3, 0.4) is 0 Å². The third-order valence-electron chi connectivity index (χ3n) is 3.90. The number of imidazole rings is 1. The van der Waals surface area contributed by atoms with Gasteiger partial charge in [-0.15, -0.1) is 0 Å². The zero-order chi connectivity index (χ0) is 14.4. The standard InChI is InChI=1S/C15H28N4O/c1-13-11-19(14(2)12-20-3)15(17-13)16-7-10-18-8-5-4-6-9-18/h11,14H,4-10,12H2,1-3H3,(H,16,17). The molecule has 0 aliphatic carbocycles. The minimum absolute atomic E-state index is 0.304. The van der Waals surface area contributed by atoms with Crippen LogP contribution >= 0.6 is 0 Å². The van der Waals surface area contributed by atoms with Gasteiger partial charge in [0, 0.05) is 26.4 Å². The molecule has 1 aromatic rings. The van der Waals surface area contributed by atoms with E-state index in [1.807, 2.05) is 6.92 Å². The van der Waals surface area contributed by atoms with Gasteiger partial charge in [-0.25, -0.2) is 4.98 Å². The summed E-state index contributed by atoms with van der Waals surface area (Å²) in [7, 11) is 1.74. The van der Waals surface area contributed by atoms with E-state index in [1.54, 1.807) is 7.11 Å². The molecule has 0 saturated carbocycles. The van der Waals surface area contributed by atoms with Crippen molar-refractivity contribution >= 4 is 5.95 Å². The first-order valence-electron chi connectivity index (χ1n) is 7.71. The lowest BCUT2D eigenvalue weighted by Crippen LogP contribution is -2.34. The Morgan fingerprint density at radius 1 is 1.35 bits per heavy atom. The molecule has 1 atom stereocenters. The maximum atomic E-state index is 5.24. The molecule has 0 bridgehead atoms. The van der Waals surface area contributed by atoms with Gasteiger partial charge in [0.25, 0.3) is 0 Å². The van der Waals surface area contributed by atoms with E-state index in [0.717, 1.165) is 24.7 Å². The molecule has 0 amide bonds. The molecule has 1 aliphatic rings. The minimum atomic E-state index is 0.304. The quantitative estimate of drug-likeness (QED) is 0.832. The highest BCUT2D eigenvalue weighted by Crippen LogP contribution is 2.16. The van der Waals surface area contributed by atoms with Gasteiger partial charge in [0.05, 0.1) is 18.3 Å². The van der Waals surface area contributed by atoms with Crippen molar-refractivity contribution in [2.45, 2.75) is 39.2 Å². The maximum Gasteiger partial charge on any atom is 0.203 e. The summed E-state index contributed by atoms with van der Waals surface area (Å²) in [6.45, 7) is 9.44. The number of aryl methyl sites for hydroxylation is 1. The van der Waals surface area contributed by atoms with E-state index in [1.165, 1.54) is 32.4 Å². The number of nitrogens with zero attached hydrogens (tertiary/aromatic N) is 3. The van der Waals surface area contributed by atoms with Gasteiger partial charge < -0.3 is 19.5 Å². The lowest BCUT2D eigenvalue weighted by atomic mass is 10.1. The van der Waals surface area contributed by atoms with Crippen LogP contribution in [0.25, 0.3) is 0 Å². The van der Waals surface area contributed by atoms with Crippen molar-refractivity contribution < 1.29 is 4.74 Å². The van der Waals surface area contributed by atoms with Crippen LogP contribution in [0.2, 0.25) is 0 Å². The topological polar surface area (TPSA) is 42.3 Å². The van der Waals surface area contributed by atoms with Gasteiger partial charge in [-0.05, 0) is 39.8 Å².